The van der Waals surface area contributed by atoms with Crippen LogP contribution in [0.15, 0.2) is 59.5 Å². The first-order valence-corrected chi connectivity index (χ1v) is 12.4. The second kappa shape index (κ2) is 9.62. The molecule has 1 fully saturated rings. The van der Waals surface area contributed by atoms with Crippen molar-refractivity contribution in [3.8, 4) is 0 Å². The first-order chi connectivity index (χ1) is 15.8. The van der Waals surface area contributed by atoms with Crippen molar-refractivity contribution in [2.75, 3.05) is 18.4 Å². The molecular weight excluding hydrogens is 467 g/mol. The summed E-state index contributed by atoms with van der Waals surface area (Å²) < 4.78 is 42.6. The monoisotopic (exact) mass is 490 g/mol. The maximum Gasteiger partial charge on any atom is 0.243 e. The number of nitrogens with one attached hydrogen (secondary N) is 1. The van der Waals surface area contributed by atoms with Crippen molar-refractivity contribution >= 4 is 33.3 Å². The van der Waals surface area contributed by atoms with Gasteiger partial charge in [0.25, 0.3) is 0 Å². The van der Waals surface area contributed by atoms with Gasteiger partial charge in [-0.1, -0.05) is 35.9 Å². The maximum absolute atomic E-state index is 14.1. The van der Waals surface area contributed by atoms with Crippen LogP contribution in [0, 0.1) is 18.7 Å². The number of benzene rings is 2. The van der Waals surface area contributed by atoms with E-state index in [0.717, 1.165) is 5.69 Å². The summed E-state index contributed by atoms with van der Waals surface area (Å²) in [6.07, 6.45) is 0.838. The third kappa shape index (κ3) is 5.10. The number of amides is 1. The highest BCUT2D eigenvalue weighted by molar-refractivity contribution is 7.89. The summed E-state index contributed by atoms with van der Waals surface area (Å²) in [7, 11) is -3.56. The van der Waals surface area contributed by atoms with Gasteiger partial charge in [-0.3, -0.25) is 9.48 Å². The van der Waals surface area contributed by atoms with Gasteiger partial charge in [0.05, 0.1) is 11.4 Å². The number of halogens is 2. The molecule has 2 heterocycles. The Morgan fingerprint density at radius 1 is 1.15 bits per heavy atom. The van der Waals surface area contributed by atoms with Gasteiger partial charge in [-0.25, -0.2) is 12.8 Å². The lowest BCUT2D eigenvalue weighted by atomic mass is 9.97. The molecule has 10 heteroatoms. The molecule has 1 N–H and O–H groups in total. The maximum atomic E-state index is 14.1. The number of carbonyl (C=O) groups excluding carboxylic acids is 1. The molecule has 0 unspecified atom stereocenters. The number of nitrogens with zero attached hydrogens (tertiary/aromatic N) is 3. The van der Waals surface area contributed by atoms with Crippen LogP contribution >= 0.6 is 11.6 Å². The van der Waals surface area contributed by atoms with Crippen LogP contribution in [-0.2, 0) is 21.4 Å². The molecule has 0 radical (unpaired) electrons. The predicted octanol–water partition coefficient (Wildman–Crippen LogP) is 4.07. The number of hydrogen-bond donors (Lipinski definition) is 1. The molecule has 0 bridgehead atoms. The summed E-state index contributed by atoms with van der Waals surface area (Å²) in [4.78, 5) is 13.0. The van der Waals surface area contributed by atoms with Gasteiger partial charge < -0.3 is 5.32 Å². The van der Waals surface area contributed by atoms with Crippen LogP contribution in [0.5, 0.6) is 0 Å². The molecule has 3 aromatic rings. The zero-order valence-corrected chi connectivity index (χ0v) is 19.6. The van der Waals surface area contributed by atoms with Gasteiger partial charge in [-0.2, -0.15) is 9.40 Å². The number of rotatable bonds is 6. The standard InChI is InChI=1S/C23H24ClFN4O3S/c1-16-14-22(27-29(16)15-19-20(24)8-5-9-21(19)25)26-23(30)17-10-12-28(13-11-17)33(31,32)18-6-3-2-4-7-18/h2-9,14,17H,10-13,15H2,1H3,(H,26,27,30). The Morgan fingerprint density at radius 2 is 1.85 bits per heavy atom. The molecule has 1 saturated heterocycles. The highest BCUT2D eigenvalue weighted by Gasteiger charge is 2.32. The second-order valence-corrected chi connectivity index (χ2v) is 10.4. The van der Waals surface area contributed by atoms with Crippen LogP contribution < -0.4 is 5.32 Å². The van der Waals surface area contributed by atoms with Crippen LogP contribution in [0.1, 0.15) is 24.1 Å². The number of aryl methyl sites for hydroxylation is 1. The van der Waals surface area contributed by atoms with Gasteiger partial charge in [0.15, 0.2) is 5.82 Å². The van der Waals surface area contributed by atoms with Gasteiger partial charge in [0.1, 0.15) is 5.82 Å². The van der Waals surface area contributed by atoms with E-state index in [9.17, 15) is 17.6 Å². The molecule has 1 aromatic heterocycles. The van der Waals surface area contributed by atoms with Crippen LogP contribution in [0.25, 0.3) is 0 Å². The summed E-state index contributed by atoms with van der Waals surface area (Å²) in [5.41, 5.74) is 1.07. The molecule has 0 spiro atoms. The summed E-state index contributed by atoms with van der Waals surface area (Å²) in [6.45, 7) is 2.50. The van der Waals surface area contributed by atoms with Crippen LogP contribution in [0.3, 0.4) is 0 Å². The quantitative estimate of drug-likeness (QED) is 0.564. The van der Waals surface area contributed by atoms with Gasteiger partial charge in [-0.05, 0) is 44.0 Å². The van der Waals surface area contributed by atoms with Crippen molar-refractivity contribution in [1.82, 2.24) is 14.1 Å². The Labute approximate surface area is 197 Å². The highest BCUT2D eigenvalue weighted by atomic mass is 35.5. The first-order valence-electron chi connectivity index (χ1n) is 10.6. The minimum Gasteiger partial charge on any atom is -0.309 e. The molecule has 4 rings (SSSR count). The van der Waals surface area contributed by atoms with E-state index in [2.05, 4.69) is 10.4 Å². The summed E-state index contributed by atoms with van der Waals surface area (Å²) in [6, 6.07) is 14.5. The van der Waals surface area contributed by atoms with Crippen molar-refractivity contribution in [3.05, 3.63) is 76.7 Å². The molecule has 0 aliphatic carbocycles. The van der Waals surface area contributed by atoms with Gasteiger partial charge >= 0.3 is 0 Å². The molecule has 0 atom stereocenters. The zero-order chi connectivity index (χ0) is 23.6. The third-order valence-electron chi connectivity index (χ3n) is 5.81. The molecule has 33 heavy (non-hydrogen) atoms. The molecule has 1 aliphatic heterocycles. The van der Waals surface area contributed by atoms with Crippen LogP contribution in [-0.4, -0.2) is 41.5 Å². The van der Waals surface area contributed by atoms with E-state index in [1.807, 2.05) is 6.92 Å². The summed E-state index contributed by atoms with van der Waals surface area (Å²) >= 11 is 6.11. The third-order valence-corrected chi connectivity index (χ3v) is 8.07. The first kappa shape index (κ1) is 23.4. The Balaban J connectivity index is 1.37. The number of sulfonamides is 1. The van der Waals surface area contributed by atoms with Crippen LogP contribution in [0.4, 0.5) is 10.2 Å². The fraction of sp³-hybridized carbons (Fsp3) is 0.304. The van der Waals surface area contributed by atoms with Crippen molar-refractivity contribution in [1.29, 1.82) is 0 Å². The Bertz CT molecular complexity index is 1240. The highest BCUT2D eigenvalue weighted by Crippen LogP contribution is 2.25. The van der Waals surface area contributed by atoms with Gasteiger partial charge in [0.2, 0.25) is 15.9 Å². The SMILES string of the molecule is Cc1cc(NC(=O)C2CCN(S(=O)(=O)c3ccccc3)CC2)nn1Cc1c(F)cccc1Cl. The van der Waals surface area contributed by atoms with Crippen LogP contribution in [0.2, 0.25) is 5.02 Å². The minimum atomic E-state index is -3.56. The number of hydrogen-bond acceptors (Lipinski definition) is 4. The molecule has 174 valence electrons. The lowest BCUT2D eigenvalue weighted by Gasteiger charge is -2.30. The lowest BCUT2D eigenvalue weighted by Crippen LogP contribution is -2.41. The van der Waals surface area contributed by atoms with E-state index >= 15 is 0 Å². The fourth-order valence-corrected chi connectivity index (χ4v) is 5.61. The molecule has 1 aliphatic rings. The van der Waals surface area contributed by atoms with E-state index < -0.39 is 15.8 Å². The van der Waals surface area contributed by atoms with Gasteiger partial charge in [-0.15, -0.1) is 0 Å². The number of aromatic nitrogens is 2. The van der Waals surface area contributed by atoms with E-state index in [1.165, 1.54) is 10.4 Å². The van der Waals surface area contributed by atoms with E-state index in [1.54, 1.807) is 53.2 Å². The average Bonchev–Trinajstić information content (AvgIpc) is 3.15. The number of carbonyl (C=O) groups is 1. The second-order valence-electron chi connectivity index (χ2n) is 8.01. The largest absolute Gasteiger partial charge is 0.309 e. The molecular formula is C23H24ClFN4O3S. The summed E-state index contributed by atoms with van der Waals surface area (Å²) in [5.74, 6) is -0.580. The molecule has 0 saturated carbocycles. The average molecular weight is 491 g/mol. The topological polar surface area (TPSA) is 84.3 Å². The van der Waals surface area contributed by atoms with E-state index in [4.69, 9.17) is 11.6 Å². The number of piperidine rings is 1. The number of anilines is 1. The van der Waals surface area contributed by atoms with E-state index in [-0.39, 0.29) is 36.4 Å². The minimum absolute atomic E-state index is 0.142. The van der Waals surface area contributed by atoms with Crippen molar-refractivity contribution < 1.29 is 17.6 Å². The zero-order valence-electron chi connectivity index (χ0n) is 18.0. The van der Waals surface area contributed by atoms with Gasteiger partial charge in [0, 0.05) is 41.4 Å². The van der Waals surface area contributed by atoms with Crippen molar-refractivity contribution in [2.24, 2.45) is 5.92 Å². The smallest absolute Gasteiger partial charge is 0.243 e. The lowest BCUT2D eigenvalue weighted by molar-refractivity contribution is -0.120. The molecule has 2 aromatic carbocycles. The van der Waals surface area contributed by atoms with Crippen molar-refractivity contribution in [3.63, 3.8) is 0 Å². The normalized spacial score (nSPS) is 15.5. The fourth-order valence-electron chi connectivity index (χ4n) is 3.89. The molecule has 1 amide bonds. The molecule has 7 nitrogen and oxygen atoms in total. The Hall–Kier alpha value is -2.75. The summed E-state index contributed by atoms with van der Waals surface area (Å²) in [5, 5.41) is 7.49. The van der Waals surface area contributed by atoms with Crippen molar-refractivity contribution in [2.45, 2.75) is 31.2 Å². The Morgan fingerprint density at radius 3 is 2.52 bits per heavy atom. The van der Waals surface area contributed by atoms with E-state index in [0.29, 0.717) is 29.2 Å². The predicted molar refractivity (Wildman–Crippen MR) is 124 cm³/mol. The Kier molecular flexibility index (Phi) is 6.83.